The molecule has 0 aliphatic heterocycles. The van der Waals surface area contributed by atoms with Crippen molar-refractivity contribution in [2.45, 2.75) is 17.8 Å². The standard InChI is InChI=1S/C27H19BrF3N5OS2/c28-20-11-9-18(10-12-20)24-34-35-26(36(24)21-7-2-1-3-8-21)38-16-23(37)33-25-32-15-22(39-25)14-17-5-4-6-19(13-17)27(29,30)31/h1-13,15H,14,16H2,(H,32,33,37). The number of halogens is 4. The van der Waals surface area contributed by atoms with E-state index in [-0.39, 0.29) is 18.1 Å². The van der Waals surface area contributed by atoms with Crippen LogP contribution in [0.4, 0.5) is 18.3 Å². The van der Waals surface area contributed by atoms with Crippen molar-refractivity contribution in [3.63, 3.8) is 0 Å². The van der Waals surface area contributed by atoms with Crippen LogP contribution in [0.15, 0.2) is 94.7 Å². The number of carbonyl (C=O) groups is 1. The molecule has 12 heteroatoms. The number of alkyl halides is 3. The lowest BCUT2D eigenvalue weighted by Crippen LogP contribution is -2.14. The maximum Gasteiger partial charge on any atom is 0.416 e. The molecule has 3 aromatic carbocycles. The summed E-state index contributed by atoms with van der Waals surface area (Å²) in [6.45, 7) is 0. The van der Waals surface area contributed by atoms with E-state index in [1.165, 1.54) is 29.2 Å². The van der Waals surface area contributed by atoms with Crippen LogP contribution >= 0.6 is 39.0 Å². The van der Waals surface area contributed by atoms with Crippen molar-refractivity contribution < 1.29 is 18.0 Å². The number of nitrogens with one attached hydrogen (secondary N) is 1. The summed E-state index contributed by atoms with van der Waals surface area (Å²) in [5.74, 6) is 0.428. The molecule has 0 saturated carbocycles. The van der Waals surface area contributed by atoms with Crippen LogP contribution in [0, 0.1) is 0 Å². The van der Waals surface area contributed by atoms with Crippen molar-refractivity contribution in [2.75, 3.05) is 11.1 Å². The summed E-state index contributed by atoms with van der Waals surface area (Å²) in [4.78, 5) is 17.7. The second-order valence-corrected chi connectivity index (χ2v) is 11.3. The Labute approximate surface area is 238 Å². The van der Waals surface area contributed by atoms with Gasteiger partial charge in [0.1, 0.15) is 0 Å². The first-order chi connectivity index (χ1) is 18.8. The van der Waals surface area contributed by atoms with Crippen LogP contribution in [0.2, 0.25) is 0 Å². The minimum absolute atomic E-state index is 0.0633. The molecule has 2 aromatic heterocycles. The zero-order valence-electron chi connectivity index (χ0n) is 20.0. The van der Waals surface area contributed by atoms with Gasteiger partial charge in [0.05, 0.1) is 11.3 Å². The molecule has 0 saturated heterocycles. The molecule has 198 valence electrons. The summed E-state index contributed by atoms with van der Waals surface area (Å²) in [5, 5.41) is 12.4. The van der Waals surface area contributed by atoms with Gasteiger partial charge < -0.3 is 5.32 Å². The van der Waals surface area contributed by atoms with E-state index in [9.17, 15) is 18.0 Å². The number of amides is 1. The molecule has 2 heterocycles. The first-order valence-electron chi connectivity index (χ1n) is 11.6. The van der Waals surface area contributed by atoms with Gasteiger partial charge in [-0.1, -0.05) is 76.2 Å². The number of hydrogen-bond donors (Lipinski definition) is 1. The summed E-state index contributed by atoms with van der Waals surface area (Å²) in [6.07, 6.45) is -2.56. The third-order valence-corrected chi connectivity index (χ3v) is 7.89. The molecule has 5 rings (SSSR count). The second-order valence-electron chi connectivity index (χ2n) is 8.33. The molecule has 0 bridgehead atoms. The molecule has 0 fully saturated rings. The number of carbonyl (C=O) groups excluding carboxylic acids is 1. The Kier molecular flexibility index (Phi) is 8.15. The second kappa shape index (κ2) is 11.7. The van der Waals surface area contributed by atoms with Gasteiger partial charge in [-0.05, 0) is 35.9 Å². The maximum absolute atomic E-state index is 13.0. The SMILES string of the molecule is O=C(CSc1nnc(-c2ccc(Br)cc2)n1-c1ccccc1)Nc1ncc(Cc2cccc(C(F)(F)F)c2)s1. The number of thiazole rings is 1. The minimum atomic E-state index is -4.40. The van der Waals surface area contributed by atoms with Crippen LogP contribution in [0.25, 0.3) is 17.1 Å². The monoisotopic (exact) mass is 629 g/mol. The van der Waals surface area contributed by atoms with Crippen LogP contribution in [0.5, 0.6) is 0 Å². The third kappa shape index (κ3) is 6.75. The Morgan fingerprint density at radius 1 is 1.00 bits per heavy atom. The molecule has 1 N–H and O–H groups in total. The van der Waals surface area contributed by atoms with Gasteiger partial charge in [0, 0.05) is 33.2 Å². The zero-order valence-corrected chi connectivity index (χ0v) is 23.2. The van der Waals surface area contributed by atoms with Gasteiger partial charge in [-0.25, -0.2) is 4.98 Å². The van der Waals surface area contributed by atoms with Crippen molar-refractivity contribution in [1.82, 2.24) is 19.7 Å². The number of hydrogen-bond acceptors (Lipinski definition) is 6. The molecule has 0 radical (unpaired) electrons. The normalized spacial score (nSPS) is 11.5. The van der Waals surface area contributed by atoms with E-state index >= 15 is 0 Å². The Hall–Kier alpha value is -3.48. The highest BCUT2D eigenvalue weighted by Crippen LogP contribution is 2.31. The molecule has 1 amide bonds. The fourth-order valence-corrected chi connectivity index (χ4v) is 5.63. The quantitative estimate of drug-likeness (QED) is 0.180. The molecule has 39 heavy (non-hydrogen) atoms. The highest BCUT2D eigenvalue weighted by molar-refractivity contribution is 9.10. The Balaban J connectivity index is 1.26. The van der Waals surface area contributed by atoms with Crippen LogP contribution in [-0.2, 0) is 17.4 Å². The third-order valence-electron chi connectivity index (χ3n) is 5.52. The topological polar surface area (TPSA) is 72.7 Å². The van der Waals surface area contributed by atoms with Gasteiger partial charge in [-0.2, -0.15) is 13.2 Å². The number of thioether (sulfide) groups is 1. The molecule has 0 unspecified atom stereocenters. The van der Waals surface area contributed by atoms with Gasteiger partial charge >= 0.3 is 6.18 Å². The molecular formula is C27H19BrF3N5OS2. The van der Waals surface area contributed by atoms with E-state index in [4.69, 9.17) is 0 Å². The molecule has 0 aliphatic rings. The summed E-state index contributed by atoms with van der Waals surface area (Å²) < 4.78 is 41.9. The van der Waals surface area contributed by atoms with Crippen LogP contribution in [0.3, 0.4) is 0 Å². The van der Waals surface area contributed by atoms with Crippen molar-refractivity contribution in [3.8, 4) is 17.1 Å². The van der Waals surface area contributed by atoms with Crippen molar-refractivity contribution >= 4 is 50.1 Å². The Bertz CT molecular complexity index is 1590. The van der Waals surface area contributed by atoms with E-state index < -0.39 is 11.7 Å². The highest BCUT2D eigenvalue weighted by Gasteiger charge is 2.30. The first kappa shape index (κ1) is 27.1. The summed E-state index contributed by atoms with van der Waals surface area (Å²) in [5.41, 5.74) is 1.56. The molecule has 0 spiro atoms. The molecular weight excluding hydrogens is 611 g/mol. The average Bonchev–Trinajstić information content (AvgIpc) is 3.55. The van der Waals surface area contributed by atoms with Crippen LogP contribution < -0.4 is 5.32 Å². The molecule has 6 nitrogen and oxygen atoms in total. The van der Waals surface area contributed by atoms with E-state index in [0.29, 0.717) is 21.7 Å². The molecule has 0 aliphatic carbocycles. The predicted octanol–water partition coefficient (Wildman–Crippen LogP) is 7.49. The lowest BCUT2D eigenvalue weighted by atomic mass is 10.1. The molecule has 0 atom stereocenters. The number of rotatable bonds is 8. The summed E-state index contributed by atoms with van der Waals surface area (Å²) >= 11 is 5.91. The summed E-state index contributed by atoms with van der Waals surface area (Å²) in [6, 6.07) is 22.6. The number of aromatic nitrogens is 4. The van der Waals surface area contributed by atoms with Gasteiger partial charge in [-0.15, -0.1) is 21.5 Å². The van der Waals surface area contributed by atoms with Gasteiger partial charge in [-0.3, -0.25) is 9.36 Å². The van der Waals surface area contributed by atoms with Gasteiger partial charge in [0.25, 0.3) is 0 Å². The van der Waals surface area contributed by atoms with E-state index in [1.807, 2.05) is 59.2 Å². The highest BCUT2D eigenvalue weighted by atomic mass is 79.9. The van der Waals surface area contributed by atoms with Crippen molar-refractivity contribution in [1.29, 1.82) is 0 Å². The lowest BCUT2D eigenvalue weighted by molar-refractivity contribution is -0.137. The number of anilines is 1. The fourth-order valence-electron chi connectivity index (χ4n) is 3.75. The number of benzene rings is 3. The van der Waals surface area contributed by atoms with Crippen LogP contribution in [-0.4, -0.2) is 31.4 Å². The first-order valence-corrected chi connectivity index (χ1v) is 14.2. The maximum atomic E-state index is 13.0. The summed E-state index contributed by atoms with van der Waals surface area (Å²) in [7, 11) is 0. The average molecular weight is 631 g/mol. The van der Waals surface area contributed by atoms with Crippen LogP contribution in [0.1, 0.15) is 16.0 Å². The van der Waals surface area contributed by atoms with E-state index in [1.54, 1.807) is 12.3 Å². The smallest absolute Gasteiger partial charge is 0.301 e. The zero-order chi connectivity index (χ0) is 27.4. The molecule has 5 aromatic rings. The largest absolute Gasteiger partial charge is 0.416 e. The Morgan fingerprint density at radius 2 is 1.77 bits per heavy atom. The Morgan fingerprint density at radius 3 is 2.51 bits per heavy atom. The van der Waals surface area contributed by atoms with Crippen molar-refractivity contribution in [2.24, 2.45) is 0 Å². The van der Waals surface area contributed by atoms with Gasteiger partial charge in [0.2, 0.25) is 5.91 Å². The fraction of sp³-hybridized carbons (Fsp3) is 0.111. The predicted molar refractivity (Wildman–Crippen MR) is 150 cm³/mol. The number of para-hydroxylation sites is 1. The van der Waals surface area contributed by atoms with Gasteiger partial charge in [0.15, 0.2) is 16.1 Å². The lowest BCUT2D eigenvalue weighted by Gasteiger charge is -2.10. The minimum Gasteiger partial charge on any atom is -0.301 e. The van der Waals surface area contributed by atoms with E-state index in [2.05, 4.69) is 36.4 Å². The number of nitrogens with zero attached hydrogens (tertiary/aromatic N) is 4. The van der Waals surface area contributed by atoms with E-state index in [0.717, 1.165) is 32.7 Å². The van der Waals surface area contributed by atoms with Crippen molar-refractivity contribution in [3.05, 3.63) is 106 Å².